The first-order valence-corrected chi connectivity index (χ1v) is 18.0. The highest BCUT2D eigenvalue weighted by atomic mass is 32.1. The number of anilines is 3. The molecule has 0 radical (unpaired) electrons. The summed E-state index contributed by atoms with van der Waals surface area (Å²) >= 11 is 1.83. The Kier molecular flexibility index (Phi) is 6.35. The smallest absolute Gasteiger partial charge is 0.227 e. The molecule has 0 unspecified atom stereocenters. The summed E-state index contributed by atoms with van der Waals surface area (Å²) in [5.41, 5.74) is 11.5. The minimum atomic E-state index is 0.653. The lowest BCUT2D eigenvalue weighted by molar-refractivity contribution is 0.655. The Balaban J connectivity index is 1.06. The predicted molar refractivity (Wildman–Crippen MR) is 215 cm³/mol. The van der Waals surface area contributed by atoms with E-state index in [0.29, 0.717) is 5.71 Å². The highest BCUT2D eigenvalue weighted by Crippen LogP contribution is 2.46. The predicted octanol–water partition coefficient (Wildman–Crippen LogP) is 13.4. The average molecular weight is 686 g/mol. The quantitative estimate of drug-likeness (QED) is 0.180. The van der Waals surface area contributed by atoms with Crippen LogP contribution in [0, 0.1) is 0 Å². The van der Waals surface area contributed by atoms with Crippen LogP contribution in [0.5, 0.6) is 0 Å². The lowest BCUT2D eigenvalue weighted by Gasteiger charge is -2.27. The van der Waals surface area contributed by atoms with Crippen molar-refractivity contribution < 1.29 is 8.83 Å². The molecule has 0 fully saturated rings. The van der Waals surface area contributed by atoms with E-state index < -0.39 is 0 Å². The molecule has 52 heavy (non-hydrogen) atoms. The van der Waals surface area contributed by atoms with E-state index in [1.807, 2.05) is 35.7 Å². The number of nitrogens with zero attached hydrogens (tertiary/aromatic N) is 3. The monoisotopic (exact) mass is 685 g/mol. The standard InChI is InChI=1S/C46H27N3O2S/c1-2-16-40-36(8-1)42-38(14-5-17-41(42)52-40)49(30-22-18-28(19-23-30)32-9-3-11-34-35-13-6-27-48-46(35)51-44(32)34)31-24-20-29(21-25-31)33-10-4-12-37-43-39(50-45(33)37)15-7-26-47-43/h1-27H. The van der Waals surface area contributed by atoms with Crippen LogP contribution in [0.1, 0.15) is 0 Å². The van der Waals surface area contributed by atoms with Crippen molar-refractivity contribution in [1.82, 2.24) is 9.97 Å². The Morgan fingerprint density at radius 1 is 0.462 bits per heavy atom. The van der Waals surface area contributed by atoms with Gasteiger partial charge >= 0.3 is 0 Å². The zero-order chi connectivity index (χ0) is 34.2. The van der Waals surface area contributed by atoms with Crippen molar-refractivity contribution >= 4 is 92.7 Å². The Hall–Kier alpha value is -6.76. The maximum atomic E-state index is 6.34. The molecule has 6 heteroatoms. The number of aromatic nitrogens is 2. The van der Waals surface area contributed by atoms with E-state index in [1.165, 1.54) is 20.2 Å². The first-order chi connectivity index (χ1) is 25.8. The summed E-state index contributed by atoms with van der Waals surface area (Å²) in [5.74, 6) is 0. The molecular formula is C46H27N3O2S. The maximum Gasteiger partial charge on any atom is 0.227 e. The van der Waals surface area contributed by atoms with Crippen LogP contribution in [0.15, 0.2) is 173 Å². The van der Waals surface area contributed by atoms with Crippen molar-refractivity contribution in [2.24, 2.45) is 0 Å². The SMILES string of the molecule is c1cnc2c(c1)oc1c(-c3ccc(N(c4ccc(-c5cccc6c5oc5ncccc56)cc4)c4cccc5sc6ccccc6c45)cc3)cccc12. The van der Waals surface area contributed by atoms with Gasteiger partial charge in [0, 0.05) is 71.2 Å². The van der Waals surface area contributed by atoms with Crippen LogP contribution in [-0.2, 0) is 0 Å². The summed E-state index contributed by atoms with van der Waals surface area (Å²) < 4.78 is 15.2. The molecule has 5 nitrogen and oxygen atoms in total. The molecule has 0 N–H and O–H groups in total. The van der Waals surface area contributed by atoms with Gasteiger partial charge in [0.15, 0.2) is 5.58 Å². The van der Waals surface area contributed by atoms with E-state index >= 15 is 0 Å². The number of para-hydroxylation sites is 2. The second-order valence-corrected chi connectivity index (χ2v) is 14.0. The number of fused-ring (bicyclic) bond motifs is 9. The fourth-order valence-corrected chi connectivity index (χ4v) is 8.78. The molecule has 6 aromatic carbocycles. The molecule has 11 rings (SSSR count). The third-order valence-electron chi connectivity index (χ3n) is 10.0. The summed E-state index contributed by atoms with van der Waals surface area (Å²) in [7, 11) is 0. The Morgan fingerprint density at radius 3 is 1.87 bits per heavy atom. The molecule has 0 aliphatic carbocycles. The highest BCUT2D eigenvalue weighted by Gasteiger charge is 2.20. The second-order valence-electron chi connectivity index (χ2n) is 13.0. The maximum absolute atomic E-state index is 6.34. The van der Waals surface area contributed by atoms with Crippen LogP contribution in [0.4, 0.5) is 17.1 Å². The van der Waals surface area contributed by atoms with Gasteiger partial charge in [-0.05, 0) is 83.9 Å². The summed E-state index contributed by atoms with van der Waals surface area (Å²) in [5, 5.41) is 5.61. The van der Waals surface area contributed by atoms with E-state index in [4.69, 9.17) is 8.83 Å². The van der Waals surface area contributed by atoms with Crippen LogP contribution in [0.3, 0.4) is 0 Å². The molecule has 0 saturated heterocycles. The number of thiophene rings is 1. The fraction of sp³-hybridized carbons (Fsp3) is 0. The van der Waals surface area contributed by atoms with E-state index in [0.717, 1.165) is 77.7 Å². The van der Waals surface area contributed by atoms with E-state index in [1.54, 1.807) is 6.20 Å². The van der Waals surface area contributed by atoms with Crippen molar-refractivity contribution in [1.29, 1.82) is 0 Å². The molecule has 244 valence electrons. The number of hydrogen-bond donors (Lipinski definition) is 0. The van der Waals surface area contributed by atoms with Gasteiger partial charge in [-0.15, -0.1) is 11.3 Å². The van der Waals surface area contributed by atoms with Crippen LogP contribution >= 0.6 is 11.3 Å². The Bertz CT molecular complexity index is 2980. The number of benzene rings is 6. The molecular weight excluding hydrogens is 659 g/mol. The largest absolute Gasteiger partial charge is 0.454 e. The first-order valence-electron chi connectivity index (χ1n) is 17.2. The van der Waals surface area contributed by atoms with E-state index in [-0.39, 0.29) is 0 Å². The number of furan rings is 2. The molecule has 5 aromatic heterocycles. The zero-order valence-corrected chi connectivity index (χ0v) is 28.5. The molecule has 0 bridgehead atoms. The Labute approximate surface area is 301 Å². The first kappa shape index (κ1) is 29.0. The van der Waals surface area contributed by atoms with E-state index in [9.17, 15) is 0 Å². The van der Waals surface area contributed by atoms with Gasteiger partial charge in [-0.3, -0.25) is 4.98 Å². The van der Waals surface area contributed by atoms with Crippen LogP contribution in [0.25, 0.3) is 86.6 Å². The summed E-state index contributed by atoms with van der Waals surface area (Å²) in [6.07, 6.45) is 3.59. The van der Waals surface area contributed by atoms with Crippen LogP contribution in [0.2, 0.25) is 0 Å². The topological polar surface area (TPSA) is 55.3 Å². The normalized spacial score (nSPS) is 11.8. The zero-order valence-electron chi connectivity index (χ0n) is 27.7. The molecule has 0 saturated carbocycles. The lowest BCUT2D eigenvalue weighted by atomic mass is 10.0. The molecule has 5 heterocycles. The van der Waals surface area contributed by atoms with Crippen molar-refractivity contribution in [3.8, 4) is 22.3 Å². The van der Waals surface area contributed by atoms with Crippen molar-refractivity contribution in [3.63, 3.8) is 0 Å². The fourth-order valence-electron chi connectivity index (χ4n) is 7.66. The van der Waals surface area contributed by atoms with Gasteiger partial charge in [-0.2, -0.15) is 0 Å². The minimum absolute atomic E-state index is 0.653. The van der Waals surface area contributed by atoms with Gasteiger partial charge in [0.05, 0.1) is 5.69 Å². The van der Waals surface area contributed by atoms with Gasteiger partial charge in [0.1, 0.15) is 16.7 Å². The number of hydrogen-bond acceptors (Lipinski definition) is 6. The average Bonchev–Trinajstić information content (AvgIpc) is 3.90. The summed E-state index contributed by atoms with van der Waals surface area (Å²) in [6, 6.07) is 53.4. The third-order valence-corrected chi connectivity index (χ3v) is 11.2. The van der Waals surface area contributed by atoms with Gasteiger partial charge in [-0.25, -0.2) is 4.98 Å². The van der Waals surface area contributed by atoms with Crippen LogP contribution in [-0.4, -0.2) is 9.97 Å². The molecule has 0 amide bonds. The van der Waals surface area contributed by atoms with Gasteiger partial charge in [0.25, 0.3) is 0 Å². The number of rotatable bonds is 5. The number of pyridine rings is 2. The van der Waals surface area contributed by atoms with Crippen molar-refractivity contribution in [3.05, 3.63) is 164 Å². The Morgan fingerprint density at radius 2 is 1.08 bits per heavy atom. The lowest BCUT2D eigenvalue weighted by Crippen LogP contribution is -2.10. The molecule has 0 aliphatic rings. The van der Waals surface area contributed by atoms with Crippen LogP contribution < -0.4 is 4.90 Å². The molecule has 0 spiro atoms. The summed E-state index contributed by atoms with van der Waals surface area (Å²) in [4.78, 5) is 11.4. The summed E-state index contributed by atoms with van der Waals surface area (Å²) in [6.45, 7) is 0. The molecule has 0 atom stereocenters. The minimum Gasteiger partial charge on any atom is -0.454 e. The highest BCUT2D eigenvalue weighted by molar-refractivity contribution is 7.26. The molecule has 11 aromatic rings. The van der Waals surface area contributed by atoms with E-state index in [2.05, 4.69) is 148 Å². The second kappa shape index (κ2) is 11.4. The van der Waals surface area contributed by atoms with Gasteiger partial charge < -0.3 is 13.7 Å². The van der Waals surface area contributed by atoms with Crippen molar-refractivity contribution in [2.45, 2.75) is 0 Å². The van der Waals surface area contributed by atoms with Crippen molar-refractivity contribution in [2.75, 3.05) is 4.90 Å². The van der Waals surface area contributed by atoms with Gasteiger partial charge in [0.2, 0.25) is 5.71 Å². The third kappa shape index (κ3) is 4.41. The molecule has 0 aliphatic heterocycles. The van der Waals surface area contributed by atoms with Gasteiger partial charge in [-0.1, -0.05) is 78.9 Å².